The summed E-state index contributed by atoms with van der Waals surface area (Å²) in [5, 5.41) is 0.606. The molecular formula is C25H20ClNO2S2. The number of hydrogen-bond donors (Lipinski definition) is 0. The summed E-state index contributed by atoms with van der Waals surface area (Å²) in [6.07, 6.45) is 1.84. The Labute approximate surface area is 196 Å². The van der Waals surface area contributed by atoms with E-state index < -0.39 is 0 Å². The molecule has 3 aromatic carbocycles. The van der Waals surface area contributed by atoms with Gasteiger partial charge in [0.2, 0.25) is 0 Å². The third kappa shape index (κ3) is 5.01. The van der Waals surface area contributed by atoms with E-state index in [0.717, 1.165) is 22.4 Å². The van der Waals surface area contributed by atoms with Gasteiger partial charge in [0.15, 0.2) is 4.32 Å². The van der Waals surface area contributed by atoms with Crippen molar-refractivity contribution in [2.75, 3.05) is 4.90 Å². The molecule has 1 aliphatic heterocycles. The molecule has 0 atom stereocenters. The van der Waals surface area contributed by atoms with Gasteiger partial charge >= 0.3 is 0 Å². The van der Waals surface area contributed by atoms with Crippen molar-refractivity contribution in [3.8, 4) is 5.75 Å². The van der Waals surface area contributed by atoms with Crippen LogP contribution in [-0.2, 0) is 11.4 Å². The minimum Gasteiger partial charge on any atom is -0.489 e. The molecule has 0 aliphatic carbocycles. The first-order chi connectivity index (χ1) is 14.9. The number of carbonyl (C=O) groups excluding carboxylic acids is 1. The molecule has 1 saturated heterocycles. The van der Waals surface area contributed by atoms with Crippen LogP contribution < -0.4 is 9.64 Å². The summed E-state index contributed by atoms with van der Waals surface area (Å²) in [6, 6.07) is 21.4. The zero-order chi connectivity index (χ0) is 22.0. The van der Waals surface area contributed by atoms with Crippen LogP contribution in [0.1, 0.15) is 22.3 Å². The van der Waals surface area contributed by atoms with Crippen molar-refractivity contribution in [1.29, 1.82) is 0 Å². The van der Waals surface area contributed by atoms with E-state index in [1.165, 1.54) is 22.2 Å². The molecular weight excluding hydrogens is 446 g/mol. The Bertz CT molecular complexity index is 1190. The van der Waals surface area contributed by atoms with E-state index in [4.69, 9.17) is 28.6 Å². The Morgan fingerprint density at radius 2 is 1.84 bits per heavy atom. The smallest absolute Gasteiger partial charge is 0.270 e. The molecule has 0 radical (unpaired) electrons. The summed E-state index contributed by atoms with van der Waals surface area (Å²) in [6.45, 7) is 4.47. The largest absolute Gasteiger partial charge is 0.489 e. The first kappa shape index (κ1) is 21.6. The molecule has 6 heteroatoms. The van der Waals surface area contributed by atoms with Crippen molar-refractivity contribution in [1.82, 2.24) is 0 Å². The molecule has 0 spiro atoms. The summed E-state index contributed by atoms with van der Waals surface area (Å²) >= 11 is 13.0. The Hall–Kier alpha value is -2.60. The lowest BCUT2D eigenvalue weighted by molar-refractivity contribution is -0.113. The molecule has 0 unspecified atom stereocenters. The quantitative estimate of drug-likeness (QED) is 0.301. The Morgan fingerprint density at radius 3 is 2.58 bits per heavy atom. The second-order valence-electron chi connectivity index (χ2n) is 7.30. The van der Waals surface area contributed by atoms with Crippen molar-refractivity contribution in [2.24, 2.45) is 0 Å². The van der Waals surface area contributed by atoms with Crippen LogP contribution in [-0.4, -0.2) is 10.2 Å². The van der Waals surface area contributed by atoms with Gasteiger partial charge in [-0.2, -0.15) is 0 Å². The Balaban J connectivity index is 1.51. The number of aryl methyl sites for hydroxylation is 2. The van der Waals surface area contributed by atoms with Crippen LogP contribution in [0, 0.1) is 13.8 Å². The van der Waals surface area contributed by atoms with Crippen molar-refractivity contribution < 1.29 is 9.53 Å². The molecule has 1 amide bonds. The standard InChI is InChI=1S/C25H20ClNO2S2/c1-16-6-9-18(10-7-16)15-29-21-5-3-4-19(12-21)13-23-24(28)27(25(30)31-23)20-11-8-17(2)22(26)14-20/h3-14H,15H2,1-2H3/b23-13-. The topological polar surface area (TPSA) is 29.5 Å². The lowest BCUT2D eigenvalue weighted by Crippen LogP contribution is -2.27. The molecule has 1 aliphatic rings. The highest BCUT2D eigenvalue weighted by Crippen LogP contribution is 2.37. The number of ether oxygens (including phenoxy) is 1. The fraction of sp³-hybridized carbons (Fsp3) is 0.120. The minimum atomic E-state index is -0.152. The van der Waals surface area contributed by atoms with Crippen LogP contribution in [0.15, 0.2) is 71.6 Å². The normalized spacial score (nSPS) is 15.1. The monoisotopic (exact) mass is 465 g/mol. The maximum absolute atomic E-state index is 13.0. The number of thioether (sulfide) groups is 1. The second kappa shape index (κ2) is 9.27. The maximum atomic E-state index is 13.0. The van der Waals surface area contributed by atoms with Gasteiger partial charge in [0, 0.05) is 5.02 Å². The molecule has 3 aromatic rings. The van der Waals surface area contributed by atoms with Crippen molar-refractivity contribution in [2.45, 2.75) is 20.5 Å². The lowest BCUT2D eigenvalue weighted by Gasteiger charge is -2.15. The van der Waals surface area contributed by atoms with E-state index in [9.17, 15) is 4.79 Å². The SMILES string of the molecule is Cc1ccc(COc2cccc(/C=C3\SC(=S)N(c4ccc(C)c(Cl)c4)C3=O)c2)cc1. The van der Waals surface area contributed by atoms with Crippen molar-refractivity contribution in [3.05, 3.63) is 98.9 Å². The van der Waals surface area contributed by atoms with E-state index in [1.54, 1.807) is 6.07 Å². The number of anilines is 1. The zero-order valence-electron chi connectivity index (χ0n) is 17.1. The van der Waals surface area contributed by atoms with Gasteiger partial charge in [0.1, 0.15) is 12.4 Å². The molecule has 0 bridgehead atoms. The zero-order valence-corrected chi connectivity index (χ0v) is 19.5. The third-order valence-electron chi connectivity index (χ3n) is 4.89. The number of thiocarbonyl (C=S) groups is 1. The highest BCUT2D eigenvalue weighted by Gasteiger charge is 2.33. The fourth-order valence-corrected chi connectivity index (χ4v) is 4.58. The van der Waals surface area contributed by atoms with Gasteiger partial charge in [-0.15, -0.1) is 0 Å². The second-order valence-corrected chi connectivity index (χ2v) is 9.38. The molecule has 4 rings (SSSR count). The van der Waals surface area contributed by atoms with Crippen molar-refractivity contribution >= 4 is 57.6 Å². The number of halogens is 1. The number of hydrogen-bond acceptors (Lipinski definition) is 4. The van der Waals surface area contributed by atoms with Gasteiger partial charge in [-0.1, -0.05) is 83.6 Å². The lowest BCUT2D eigenvalue weighted by atomic mass is 10.1. The predicted molar refractivity (Wildman–Crippen MR) is 134 cm³/mol. The number of benzene rings is 3. The number of carbonyl (C=O) groups is 1. The molecule has 0 saturated carbocycles. The minimum absolute atomic E-state index is 0.152. The van der Waals surface area contributed by atoms with Gasteiger partial charge in [-0.3, -0.25) is 9.69 Å². The summed E-state index contributed by atoms with van der Waals surface area (Å²) in [7, 11) is 0. The molecule has 0 N–H and O–H groups in total. The molecule has 3 nitrogen and oxygen atoms in total. The molecule has 156 valence electrons. The summed E-state index contributed by atoms with van der Waals surface area (Å²) in [4.78, 5) is 15.1. The Kier molecular flexibility index (Phi) is 6.46. The molecule has 1 heterocycles. The maximum Gasteiger partial charge on any atom is 0.270 e. The van der Waals surface area contributed by atoms with E-state index in [2.05, 4.69) is 31.2 Å². The van der Waals surface area contributed by atoms with Gasteiger partial charge in [-0.05, 0) is 60.9 Å². The van der Waals surface area contributed by atoms with Crippen LogP contribution in [0.3, 0.4) is 0 Å². The van der Waals surface area contributed by atoms with Gasteiger partial charge in [0.05, 0.1) is 10.6 Å². The highest BCUT2D eigenvalue weighted by molar-refractivity contribution is 8.27. The van der Waals surface area contributed by atoms with E-state index in [-0.39, 0.29) is 5.91 Å². The summed E-state index contributed by atoms with van der Waals surface area (Å²) in [5.41, 5.74) is 4.83. The highest BCUT2D eigenvalue weighted by atomic mass is 35.5. The van der Waals surface area contributed by atoms with Crippen LogP contribution in [0.4, 0.5) is 5.69 Å². The van der Waals surface area contributed by atoms with Crippen LogP contribution in [0.25, 0.3) is 6.08 Å². The predicted octanol–water partition coefficient (Wildman–Crippen LogP) is 6.94. The average molecular weight is 466 g/mol. The third-order valence-corrected chi connectivity index (χ3v) is 6.60. The molecule has 1 fully saturated rings. The van der Waals surface area contributed by atoms with Gasteiger partial charge in [0.25, 0.3) is 5.91 Å². The van der Waals surface area contributed by atoms with E-state index in [1.807, 2.05) is 49.4 Å². The first-order valence-electron chi connectivity index (χ1n) is 9.73. The summed E-state index contributed by atoms with van der Waals surface area (Å²) < 4.78 is 6.42. The molecule has 0 aromatic heterocycles. The van der Waals surface area contributed by atoms with Gasteiger partial charge < -0.3 is 4.74 Å². The van der Waals surface area contributed by atoms with E-state index in [0.29, 0.717) is 26.5 Å². The number of amides is 1. The average Bonchev–Trinajstić information content (AvgIpc) is 3.03. The van der Waals surface area contributed by atoms with Crippen molar-refractivity contribution in [3.63, 3.8) is 0 Å². The fourth-order valence-electron chi connectivity index (χ4n) is 3.11. The number of nitrogens with zero attached hydrogens (tertiary/aromatic N) is 1. The Morgan fingerprint density at radius 1 is 1.06 bits per heavy atom. The van der Waals surface area contributed by atoms with Gasteiger partial charge in [-0.25, -0.2) is 0 Å². The van der Waals surface area contributed by atoms with E-state index >= 15 is 0 Å². The summed E-state index contributed by atoms with van der Waals surface area (Å²) in [5.74, 6) is 0.594. The van der Waals surface area contributed by atoms with Crippen LogP contribution in [0.2, 0.25) is 5.02 Å². The van der Waals surface area contributed by atoms with Crippen LogP contribution >= 0.6 is 35.6 Å². The molecule has 31 heavy (non-hydrogen) atoms. The number of rotatable bonds is 5. The first-order valence-corrected chi connectivity index (χ1v) is 11.3. The van der Waals surface area contributed by atoms with Crippen LogP contribution in [0.5, 0.6) is 5.75 Å².